The predicted octanol–water partition coefficient (Wildman–Crippen LogP) is 2.85. The normalized spacial score (nSPS) is 11.6. The zero-order valence-electron chi connectivity index (χ0n) is 11.2. The maximum absolute atomic E-state index is 14.0. The van der Waals surface area contributed by atoms with E-state index in [2.05, 4.69) is 4.72 Å². The number of anilines is 1. The van der Waals surface area contributed by atoms with Crippen molar-refractivity contribution in [2.45, 2.75) is 18.4 Å². The number of aryl methyl sites for hydroxylation is 1. The fraction of sp³-hybridized carbons (Fsp3) is 0.143. The third-order valence-electron chi connectivity index (χ3n) is 2.94. The lowest BCUT2D eigenvalue weighted by molar-refractivity contribution is 0.553. The van der Waals surface area contributed by atoms with E-state index in [1.165, 1.54) is 13.0 Å². The number of halogens is 2. The van der Waals surface area contributed by atoms with E-state index in [9.17, 15) is 12.8 Å². The molecular weight excluding hydrogens is 315 g/mol. The molecule has 2 rings (SSSR count). The molecule has 0 unspecified atom stereocenters. The highest BCUT2D eigenvalue weighted by Crippen LogP contribution is 2.22. The summed E-state index contributed by atoms with van der Waals surface area (Å²) in [5, 5.41) is 0.435. The second kappa shape index (κ2) is 6.01. The molecule has 3 N–H and O–H groups in total. The van der Waals surface area contributed by atoms with Crippen LogP contribution in [0, 0.1) is 12.7 Å². The maximum Gasteiger partial charge on any atom is 0.243 e. The van der Waals surface area contributed by atoms with Crippen molar-refractivity contribution in [3.8, 4) is 0 Å². The molecule has 0 aliphatic carbocycles. The Morgan fingerprint density at radius 1 is 1.29 bits per heavy atom. The molecule has 0 radical (unpaired) electrons. The van der Waals surface area contributed by atoms with Gasteiger partial charge in [0.1, 0.15) is 10.7 Å². The number of hydrogen-bond acceptors (Lipinski definition) is 3. The molecule has 0 aliphatic heterocycles. The topological polar surface area (TPSA) is 72.2 Å². The number of benzene rings is 2. The van der Waals surface area contributed by atoms with Gasteiger partial charge in [0.15, 0.2) is 0 Å². The molecule has 4 nitrogen and oxygen atoms in total. The van der Waals surface area contributed by atoms with Crippen LogP contribution < -0.4 is 10.5 Å². The summed E-state index contributed by atoms with van der Waals surface area (Å²) in [6, 6.07) is 9.28. The average Bonchev–Trinajstić information content (AvgIpc) is 2.42. The number of nitrogen functional groups attached to an aromatic ring is 1. The minimum absolute atomic E-state index is 0.0324. The number of sulfonamides is 1. The Labute approximate surface area is 127 Å². The molecule has 0 heterocycles. The van der Waals surface area contributed by atoms with Gasteiger partial charge in [-0.3, -0.25) is 0 Å². The molecule has 0 amide bonds. The van der Waals surface area contributed by atoms with Crippen LogP contribution in [0.15, 0.2) is 41.3 Å². The second-order valence-corrected chi connectivity index (χ2v) is 6.71. The van der Waals surface area contributed by atoms with Gasteiger partial charge in [-0.2, -0.15) is 0 Å². The van der Waals surface area contributed by atoms with Gasteiger partial charge in [0, 0.05) is 17.3 Å². The summed E-state index contributed by atoms with van der Waals surface area (Å²) in [6.45, 7) is 1.42. The third-order valence-corrected chi connectivity index (χ3v) is 4.71. The van der Waals surface area contributed by atoms with Crippen LogP contribution in [-0.2, 0) is 16.6 Å². The van der Waals surface area contributed by atoms with Crippen LogP contribution in [0.3, 0.4) is 0 Å². The number of hydrogen-bond donors (Lipinski definition) is 2. The molecule has 0 spiro atoms. The Morgan fingerprint density at radius 2 is 1.95 bits per heavy atom. The Morgan fingerprint density at radius 3 is 2.62 bits per heavy atom. The van der Waals surface area contributed by atoms with E-state index in [4.69, 9.17) is 17.3 Å². The summed E-state index contributed by atoms with van der Waals surface area (Å²) < 4.78 is 40.7. The molecule has 0 fully saturated rings. The first-order valence-electron chi connectivity index (χ1n) is 6.10. The van der Waals surface area contributed by atoms with Gasteiger partial charge in [0.2, 0.25) is 10.0 Å². The van der Waals surface area contributed by atoms with Crippen LogP contribution in [0.1, 0.15) is 11.1 Å². The van der Waals surface area contributed by atoms with Crippen molar-refractivity contribution in [1.29, 1.82) is 0 Å². The molecular formula is C14H14ClFN2O2S. The molecule has 21 heavy (non-hydrogen) atoms. The molecule has 0 saturated heterocycles. The van der Waals surface area contributed by atoms with Crippen molar-refractivity contribution in [1.82, 2.24) is 4.72 Å². The Kier molecular flexibility index (Phi) is 4.51. The van der Waals surface area contributed by atoms with Crippen LogP contribution in [0.4, 0.5) is 10.1 Å². The highest BCUT2D eigenvalue weighted by molar-refractivity contribution is 7.89. The molecule has 112 valence electrons. The van der Waals surface area contributed by atoms with Crippen LogP contribution in [-0.4, -0.2) is 8.42 Å². The first kappa shape index (κ1) is 15.8. The molecule has 0 aromatic heterocycles. The molecule has 7 heteroatoms. The van der Waals surface area contributed by atoms with Crippen molar-refractivity contribution in [2.75, 3.05) is 5.73 Å². The fourth-order valence-corrected chi connectivity index (χ4v) is 3.24. The second-order valence-electron chi connectivity index (χ2n) is 4.57. The van der Waals surface area contributed by atoms with Gasteiger partial charge < -0.3 is 5.73 Å². The van der Waals surface area contributed by atoms with Gasteiger partial charge >= 0.3 is 0 Å². The summed E-state index contributed by atoms with van der Waals surface area (Å²) in [4.78, 5) is -0.466. The van der Waals surface area contributed by atoms with Crippen molar-refractivity contribution in [3.63, 3.8) is 0 Å². The van der Waals surface area contributed by atoms with E-state index in [1.54, 1.807) is 24.3 Å². The van der Waals surface area contributed by atoms with E-state index in [1.807, 2.05) is 0 Å². The van der Waals surface area contributed by atoms with Gasteiger partial charge in [-0.15, -0.1) is 0 Å². The fourth-order valence-electron chi connectivity index (χ4n) is 1.85. The highest BCUT2D eigenvalue weighted by atomic mass is 35.5. The Bertz CT molecular complexity index is 779. The Hall–Kier alpha value is -1.63. The predicted molar refractivity (Wildman–Crippen MR) is 81.0 cm³/mol. The van der Waals surface area contributed by atoms with Crippen molar-refractivity contribution in [2.24, 2.45) is 0 Å². The van der Waals surface area contributed by atoms with Gasteiger partial charge in [-0.05, 0) is 36.2 Å². The smallest absolute Gasteiger partial charge is 0.243 e. The van der Waals surface area contributed by atoms with E-state index in [0.29, 0.717) is 10.6 Å². The largest absolute Gasteiger partial charge is 0.399 e. The van der Waals surface area contributed by atoms with Gasteiger partial charge in [0.05, 0.1) is 0 Å². The third kappa shape index (κ3) is 3.53. The quantitative estimate of drug-likeness (QED) is 0.848. The molecule has 2 aromatic rings. The minimum atomic E-state index is -4.01. The summed E-state index contributed by atoms with van der Waals surface area (Å²) in [7, 11) is -4.01. The van der Waals surface area contributed by atoms with Gasteiger partial charge in [-0.1, -0.05) is 29.8 Å². The lowest BCUT2D eigenvalue weighted by Gasteiger charge is -2.11. The standard InChI is InChI=1S/C14H14ClFN2O2S/c1-9-6-11(17)7-13(14(9)16)21(19,20)18-8-10-4-2-3-5-12(10)15/h2-7,18H,8,17H2,1H3. The van der Waals surface area contributed by atoms with Crippen LogP contribution in [0.25, 0.3) is 0 Å². The summed E-state index contributed by atoms with van der Waals surface area (Å²) in [5.41, 5.74) is 6.54. The molecule has 0 bridgehead atoms. The highest BCUT2D eigenvalue weighted by Gasteiger charge is 2.21. The maximum atomic E-state index is 14.0. The molecule has 2 aromatic carbocycles. The van der Waals surface area contributed by atoms with Crippen LogP contribution in [0.5, 0.6) is 0 Å². The SMILES string of the molecule is Cc1cc(N)cc(S(=O)(=O)NCc2ccccc2Cl)c1F. The monoisotopic (exact) mass is 328 g/mol. The number of nitrogens with two attached hydrogens (primary N) is 1. The van der Waals surface area contributed by atoms with Crippen LogP contribution >= 0.6 is 11.6 Å². The minimum Gasteiger partial charge on any atom is -0.399 e. The number of rotatable bonds is 4. The Balaban J connectivity index is 2.30. The molecule has 0 aliphatic rings. The summed E-state index contributed by atoms with van der Waals surface area (Å²) >= 11 is 5.95. The summed E-state index contributed by atoms with van der Waals surface area (Å²) in [5.74, 6) is -0.809. The summed E-state index contributed by atoms with van der Waals surface area (Å²) in [6.07, 6.45) is 0. The van der Waals surface area contributed by atoms with Gasteiger partial charge in [-0.25, -0.2) is 17.5 Å². The molecule has 0 saturated carbocycles. The number of nitrogens with one attached hydrogen (secondary N) is 1. The molecule has 0 atom stereocenters. The van der Waals surface area contributed by atoms with E-state index in [0.717, 1.165) is 6.07 Å². The lowest BCUT2D eigenvalue weighted by Crippen LogP contribution is -2.24. The van der Waals surface area contributed by atoms with Gasteiger partial charge in [0.25, 0.3) is 0 Å². The van der Waals surface area contributed by atoms with Crippen molar-refractivity contribution < 1.29 is 12.8 Å². The van der Waals surface area contributed by atoms with Crippen molar-refractivity contribution in [3.05, 3.63) is 58.4 Å². The van der Waals surface area contributed by atoms with Crippen LogP contribution in [0.2, 0.25) is 5.02 Å². The zero-order chi connectivity index (χ0) is 15.6. The van der Waals surface area contributed by atoms with E-state index < -0.39 is 20.7 Å². The average molecular weight is 329 g/mol. The zero-order valence-corrected chi connectivity index (χ0v) is 12.8. The first-order chi connectivity index (χ1) is 9.81. The first-order valence-corrected chi connectivity index (χ1v) is 7.96. The van der Waals surface area contributed by atoms with E-state index in [-0.39, 0.29) is 17.8 Å². The lowest BCUT2D eigenvalue weighted by atomic mass is 10.2. The van der Waals surface area contributed by atoms with E-state index >= 15 is 0 Å². The van der Waals surface area contributed by atoms with Crippen molar-refractivity contribution >= 4 is 27.3 Å².